The molecule has 144 valence electrons. The second-order valence-electron chi connectivity index (χ2n) is 6.74. The van der Waals surface area contributed by atoms with Gasteiger partial charge < -0.3 is 20.1 Å². The van der Waals surface area contributed by atoms with Gasteiger partial charge >= 0.3 is 0 Å². The normalized spacial score (nSPS) is 14.3. The van der Waals surface area contributed by atoms with Crippen molar-refractivity contribution in [2.24, 2.45) is 0 Å². The second-order valence-corrected chi connectivity index (χ2v) is 6.74. The zero-order valence-electron chi connectivity index (χ0n) is 15.4. The predicted octanol–water partition coefficient (Wildman–Crippen LogP) is 3.48. The van der Waals surface area contributed by atoms with E-state index in [-0.39, 0.29) is 17.4 Å². The van der Waals surface area contributed by atoms with Crippen molar-refractivity contribution in [2.45, 2.75) is 6.92 Å². The number of carbonyl (C=O) groups excluding carboxylic acids is 1. The Labute approximate surface area is 161 Å². The summed E-state index contributed by atoms with van der Waals surface area (Å²) in [6.45, 7) is 4.30. The maximum atomic E-state index is 13.9. The lowest BCUT2D eigenvalue weighted by molar-refractivity contribution is 0.102. The number of anilines is 2. The highest BCUT2D eigenvalue weighted by Gasteiger charge is 2.20. The van der Waals surface area contributed by atoms with Gasteiger partial charge in [-0.15, -0.1) is 0 Å². The first kappa shape index (κ1) is 18.2. The lowest BCUT2D eigenvalue weighted by Gasteiger charge is -2.30. The molecule has 1 fully saturated rings. The summed E-state index contributed by atoms with van der Waals surface area (Å²) in [6.07, 6.45) is 0. The van der Waals surface area contributed by atoms with Gasteiger partial charge in [0.2, 0.25) is 5.88 Å². The number of halogens is 1. The third-order valence-corrected chi connectivity index (χ3v) is 4.81. The van der Waals surface area contributed by atoms with E-state index in [1.807, 2.05) is 11.8 Å². The molecule has 2 N–H and O–H groups in total. The second kappa shape index (κ2) is 7.44. The SMILES string of the molecule is Cc1cc(O)nc2ccc(NC(=O)c3cc(F)ccc3N3CCOCC3)cc12. The molecule has 2 heterocycles. The van der Waals surface area contributed by atoms with Crippen molar-refractivity contribution in [3.05, 3.63) is 59.4 Å². The van der Waals surface area contributed by atoms with Gasteiger partial charge in [-0.2, -0.15) is 0 Å². The first-order valence-electron chi connectivity index (χ1n) is 9.05. The Morgan fingerprint density at radius 2 is 1.96 bits per heavy atom. The molecule has 0 bridgehead atoms. The first-order chi connectivity index (χ1) is 13.5. The minimum absolute atomic E-state index is 0.0447. The Hall–Kier alpha value is -3.19. The lowest BCUT2D eigenvalue weighted by Crippen LogP contribution is -2.37. The van der Waals surface area contributed by atoms with E-state index in [1.165, 1.54) is 12.1 Å². The fraction of sp³-hybridized carbons (Fsp3) is 0.238. The van der Waals surface area contributed by atoms with Crippen LogP contribution in [0.5, 0.6) is 5.88 Å². The highest BCUT2D eigenvalue weighted by Crippen LogP contribution is 2.27. The highest BCUT2D eigenvalue weighted by molar-refractivity contribution is 6.08. The number of hydrogen-bond acceptors (Lipinski definition) is 5. The molecule has 4 rings (SSSR count). The van der Waals surface area contributed by atoms with Gasteiger partial charge in [0, 0.05) is 35.9 Å². The molecule has 1 aromatic heterocycles. The number of morpholine rings is 1. The van der Waals surface area contributed by atoms with Crippen molar-refractivity contribution >= 4 is 28.2 Å². The number of carbonyl (C=O) groups is 1. The average Bonchev–Trinajstić information content (AvgIpc) is 2.69. The number of nitrogens with zero attached hydrogens (tertiary/aromatic N) is 2. The highest BCUT2D eigenvalue weighted by atomic mass is 19.1. The maximum absolute atomic E-state index is 13.9. The number of benzene rings is 2. The summed E-state index contributed by atoms with van der Waals surface area (Å²) in [6, 6.07) is 11.0. The van der Waals surface area contributed by atoms with Gasteiger partial charge in [-0.3, -0.25) is 4.79 Å². The fourth-order valence-electron chi connectivity index (χ4n) is 3.42. The van der Waals surface area contributed by atoms with Crippen LogP contribution in [0.2, 0.25) is 0 Å². The van der Waals surface area contributed by atoms with Gasteiger partial charge in [-0.1, -0.05) is 0 Å². The lowest BCUT2D eigenvalue weighted by atomic mass is 10.1. The van der Waals surface area contributed by atoms with Crippen LogP contribution in [0.15, 0.2) is 42.5 Å². The Bertz CT molecular complexity index is 1050. The van der Waals surface area contributed by atoms with Crippen molar-refractivity contribution in [2.75, 3.05) is 36.5 Å². The monoisotopic (exact) mass is 381 g/mol. The number of nitrogens with one attached hydrogen (secondary N) is 1. The summed E-state index contributed by atoms with van der Waals surface area (Å²) in [4.78, 5) is 19.0. The van der Waals surface area contributed by atoms with E-state index in [0.717, 1.165) is 10.9 Å². The van der Waals surface area contributed by atoms with Crippen molar-refractivity contribution in [3.63, 3.8) is 0 Å². The van der Waals surface area contributed by atoms with Gasteiger partial charge in [0.25, 0.3) is 5.91 Å². The quantitative estimate of drug-likeness (QED) is 0.727. The Balaban J connectivity index is 1.65. The average molecular weight is 381 g/mol. The van der Waals surface area contributed by atoms with Gasteiger partial charge in [-0.25, -0.2) is 9.37 Å². The van der Waals surface area contributed by atoms with Crippen LogP contribution in [0.4, 0.5) is 15.8 Å². The molecule has 2 aromatic carbocycles. The molecule has 0 aliphatic carbocycles. The molecule has 1 aliphatic rings. The molecule has 0 atom stereocenters. The standard InChI is InChI=1S/C21H20FN3O3/c1-13-10-20(26)24-18-4-3-15(12-16(13)18)23-21(27)17-11-14(22)2-5-19(17)25-6-8-28-9-7-25/h2-5,10-12H,6-9H2,1H3,(H,23,27)(H,24,26). The molecule has 0 radical (unpaired) electrons. The summed E-state index contributed by atoms with van der Waals surface area (Å²) in [5, 5.41) is 13.3. The summed E-state index contributed by atoms with van der Waals surface area (Å²) in [5.74, 6) is -0.891. The minimum Gasteiger partial charge on any atom is -0.493 e. The van der Waals surface area contributed by atoms with Crippen LogP contribution in [-0.2, 0) is 4.74 Å². The Morgan fingerprint density at radius 1 is 1.18 bits per heavy atom. The molecule has 1 aliphatic heterocycles. The summed E-state index contributed by atoms with van der Waals surface area (Å²) in [7, 11) is 0. The summed E-state index contributed by atoms with van der Waals surface area (Å²) < 4.78 is 19.2. The van der Waals surface area contributed by atoms with E-state index in [1.54, 1.807) is 30.3 Å². The smallest absolute Gasteiger partial charge is 0.257 e. The minimum atomic E-state index is -0.462. The number of pyridine rings is 1. The van der Waals surface area contributed by atoms with Crippen molar-refractivity contribution < 1.29 is 19.0 Å². The van der Waals surface area contributed by atoms with E-state index in [0.29, 0.717) is 43.2 Å². The van der Waals surface area contributed by atoms with Crippen molar-refractivity contribution in [3.8, 4) is 5.88 Å². The van der Waals surface area contributed by atoms with Crippen LogP contribution in [-0.4, -0.2) is 42.3 Å². The number of fused-ring (bicyclic) bond motifs is 1. The number of aromatic nitrogens is 1. The fourth-order valence-corrected chi connectivity index (χ4v) is 3.42. The zero-order valence-corrected chi connectivity index (χ0v) is 15.4. The number of amides is 1. The van der Waals surface area contributed by atoms with Crippen LogP contribution in [0.3, 0.4) is 0 Å². The molecule has 1 saturated heterocycles. The maximum Gasteiger partial charge on any atom is 0.257 e. The van der Waals surface area contributed by atoms with Crippen LogP contribution in [0, 0.1) is 12.7 Å². The molecule has 3 aromatic rings. The van der Waals surface area contributed by atoms with E-state index in [4.69, 9.17) is 4.74 Å². The van der Waals surface area contributed by atoms with Gasteiger partial charge in [0.1, 0.15) is 5.82 Å². The largest absolute Gasteiger partial charge is 0.493 e. The molecular formula is C21H20FN3O3. The summed E-state index contributed by atoms with van der Waals surface area (Å²) >= 11 is 0. The Kier molecular flexibility index (Phi) is 4.83. The molecule has 28 heavy (non-hydrogen) atoms. The van der Waals surface area contributed by atoms with Gasteiger partial charge in [-0.05, 0) is 48.9 Å². The van der Waals surface area contributed by atoms with E-state index in [9.17, 15) is 14.3 Å². The predicted molar refractivity (Wildman–Crippen MR) is 106 cm³/mol. The van der Waals surface area contributed by atoms with Crippen LogP contribution < -0.4 is 10.2 Å². The molecule has 0 unspecified atom stereocenters. The van der Waals surface area contributed by atoms with Crippen molar-refractivity contribution in [1.29, 1.82) is 0 Å². The molecule has 0 saturated carbocycles. The van der Waals surface area contributed by atoms with E-state index >= 15 is 0 Å². The number of aryl methyl sites for hydroxylation is 1. The van der Waals surface area contributed by atoms with E-state index in [2.05, 4.69) is 10.3 Å². The molecule has 0 spiro atoms. The van der Waals surface area contributed by atoms with Gasteiger partial charge in [0.15, 0.2) is 0 Å². The number of aromatic hydroxyl groups is 1. The molecular weight excluding hydrogens is 361 g/mol. The topological polar surface area (TPSA) is 74.7 Å². The van der Waals surface area contributed by atoms with Crippen LogP contribution >= 0.6 is 0 Å². The third kappa shape index (κ3) is 3.61. The molecule has 7 heteroatoms. The molecule has 1 amide bonds. The number of ether oxygens (including phenoxy) is 1. The van der Waals surface area contributed by atoms with Crippen LogP contribution in [0.25, 0.3) is 10.9 Å². The summed E-state index contributed by atoms with van der Waals surface area (Å²) in [5.41, 5.74) is 3.02. The van der Waals surface area contributed by atoms with Gasteiger partial charge in [0.05, 0.1) is 24.3 Å². The Morgan fingerprint density at radius 3 is 2.75 bits per heavy atom. The zero-order chi connectivity index (χ0) is 19.7. The molecule has 6 nitrogen and oxygen atoms in total. The van der Waals surface area contributed by atoms with Crippen LogP contribution in [0.1, 0.15) is 15.9 Å². The van der Waals surface area contributed by atoms with Crippen molar-refractivity contribution in [1.82, 2.24) is 4.98 Å². The number of rotatable bonds is 3. The first-order valence-corrected chi connectivity index (χ1v) is 9.05. The third-order valence-electron chi connectivity index (χ3n) is 4.81. The number of hydrogen-bond donors (Lipinski definition) is 2. The van der Waals surface area contributed by atoms with E-state index < -0.39 is 5.82 Å².